The lowest BCUT2D eigenvalue weighted by atomic mass is 10.3. The van der Waals surface area contributed by atoms with E-state index < -0.39 is 10.0 Å². The maximum absolute atomic E-state index is 11.8. The molecule has 126 valence electrons. The van der Waals surface area contributed by atoms with E-state index in [2.05, 4.69) is 20.6 Å². The molecule has 0 spiro atoms. The van der Waals surface area contributed by atoms with Crippen LogP contribution >= 0.6 is 11.3 Å². The van der Waals surface area contributed by atoms with Crippen LogP contribution < -0.4 is 5.32 Å². The molecule has 0 fully saturated rings. The molecule has 8 nitrogen and oxygen atoms in total. The van der Waals surface area contributed by atoms with Crippen molar-refractivity contribution in [3.05, 3.63) is 22.5 Å². The summed E-state index contributed by atoms with van der Waals surface area (Å²) in [5.41, 5.74) is 1.81. The molecule has 0 bridgehead atoms. The van der Waals surface area contributed by atoms with Gasteiger partial charge >= 0.3 is 0 Å². The van der Waals surface area contributed by atoms with Crippen molar-refractivity contribution >= 4 is 26.5 Å². The van der Waals surface area contributed by atoms with Crippen LogP contribution in [0, 0.1) is 0 Å². The Morgan fingerprint density at radius 2 is 2.17 bits per heavy atom. The SMILES string of the molecule is CCc1nnc(NCc2cc3n(n2)CCCN(S(C)(=O)=O)C3)s1. The number of hydrogen-bond donors (Lipinski definition) is 1. The maximum atomic E-state index is 11.8. The summed E-state index contributed by atoms with van der Waals surface area (Å²) in [4.78, 5) is 0. The van der Waals surface area contributed by atoms with E-state index in [0.29, 0.717) is 19.6 Å². The Kier molecular flexibility index (Phi) is 4.64. The second kappa shape index (κ2) is 6.54. The molecule has 0 aromatic carbocycles. The van der Waals surface area contributed by atoms with Crippen LogP contribution in [-0.2, 0) is 36.1 Å². The summed E-state index contributed by atoms with van der Waals surface area (Å²) in [7, 11) is -3.18. The van der Waals surface area contributed by atoms with Gasteiger partial charge in [-0.3, -0.25) is 4.68 Å². The number of nitrogens with one attached hydrogen (secondary N) is 1. The summed E-state index contributed by atoms with van der Waals surface area (Å²) in [5, 5.41) is 17.7. The lowest BCUT2D eigenvalue weighted by Gasteiger charge is -2.16. The van der Waals surface area contributed by atoms with E-state index in [0.717, 1.165) is 40.9 Å². The Labute approximate surface area is 139 Å². The minimum Gasteiger partial charge on any atom is -0.354 e. The molecule has 2 aromatic rings. The van der Waals surface area contributed by atoms with Gasteiger partial charge in [-0.15, -0.1) is 10.2 Å². The normalized spacial score (nSPS) is 16.1. The zero-order valence-electron chi connectivity index (χ0n) is 13.2. The van der Waals surface area contributed by atoms with E-state index in [1.165, 1.54) is 21.9 Å². The second-order valence-corrected chi connectivity index (χ2v) is 8.55. The molecule has 0 saturated carbocycles. The van der Waals surface area contributed by atoms with Crippen molar-refractivity contribution in [3.8, 4) is 0 Å². The van der Waals surface area contributed by atoms with Gasteiger partial charge in [0.15, 0.2) is 0 Å². The van der Waals surface area contributed by atoms with Crippen LogP contribution in [0.15, 0.2) is 6.07 Å². The molecule has 0 amide bonds. The summed E-state index contributed by atoms with van der Waals surface area (Å²) >= 11 is 1.54. The number of fused-ring (bicyclic) bond motifs is 1. The average molecular weight is 356 g/mol. The molecular formula is C13H20N6O2S2. The van der Waals surface area contributed by atoms with E-state index in [-0.39, 0.29) is 0 Å². The first-order valence-corrected chi connectivity index (χ1v) is 10.2. The molecule has 0 atom stereocenters. The molecule has 0 saturated heterocycles. The molecule has 3 rings (SSSR count). The summed E-state index contributed by atoms with van der Waals surface area (Å²) in [6.07, 6.45) is 2.90. The molecule has 1 aliphatic heterocycles. The fourth-order valence-electron chi connectivity index (χ4n) is 2.50. The van der Waals surface area contributed by atoms with Gasteiger partial charge in [-0.1, -0.05) is 18.3 Å². The van der Waals surface area contributed by atoms with Crippen molar-refractivity contribution in [2.75, 3.05) is 18.1 Å². The Bertz CT molecular complexity index is 782. The highest BCUT2D eigenvalue weighted by atomic mass is 32.2. The first-order valence-electron chi connectivity index (χ1n) is 7.52. The van der Waals surface area contributed by atoms with Gasteiger partial charge in [0.1, 0.15) is 5.01 Å². The number of nitrogens with zero attached hydrogens (tertiary/aromatic N) is 5. The number of rotatable bonds is 5. The van der Waals surface area contributed by atoms with Crippen LogP contribution in [0.2, 0.25) is 0 Å². The molecule has 0 aliphatic carbocycles. The minimum atomic E-state index is -3.18. The first kappa shape index (κ1) is 16.3. The van der Waals surface area contributed by atoms with E-state index in [1.54, 1.807) is 0 Å². The van der Waals surface area contributed by atoms with Gasteiger partial charge < -0.3 is 5.32 Å². The highest BCUT2D eigenvalue weighted by Gasteiger charge is 2.22. The highest BCUT2D eigenvalue weighted by Crippen LogP contribution is 2.19. The third-order valence-electron chi connectivity index (χ3n) is 3.69. The van der Waals surface area contributed by atoms with Gasteiger partial charge in [0, 0.05) is 13.1 Å². The number of aryl methyl sites for hydroxylation is 2. The number of anilines is 1. The average Bonchev–Trinajstić information content (AvgIpc) is 3.05. The van der Waals surface area contributed by atoms with Gasteiger partial charge in [-0.2, -0.15) is 9.40 Å². The predicted octanol–water partition coefficient (Wildman–Crippen LogP) is 1.07. The Balaban J connectivity index is 1.69. The van der Waals surface area contributed by atoms with Crippen LogP contribution in [-0.4, -0.2) is 45.5 Å². The standard InChI is InChI=1S/C13H20N6O2S2/c1-3-12-15-16-13(22-12)14-8-10-7-11-9-18(23(2,20)21)5-4-6-19(11)17-10/h7H,3-6,8-9H2,1-2H3,(H,14,16). The van der Waals surface area contributed by atoms with Gasteiger partial charge in [-0.25, -0.2) is 8.42 Å². The van der Waals surface area contributed by atoms with E-state index in [1.807, 2.05) is 17.7 Å². The smallest absolute Gasteiger partial charge is 0.211 e. The van der Waals surface area contributed by atoms with E-state index in [9.17, 15) is 8.42 Å². The second-order valence-electron chi connectivity index (χ2n) is 5.51. The lowest BCUT2D eigenvalue weighted by molar-refractivity contribution is 0.414. The Morgan fingerprint density at radius 1 is 1.35 bits per heavy atom. The molecular weight excluding hydrogens is 336 g/mol. The van der Waals surface area contributed by atoms with Gasteiger partial charge in [0.05, 0.1) is 30.7 Å². The molecule has 10 heteroatoms. The van der Waals surface area contributed by atoms with Gasteiger partial charge in [-0.05, 0) is 18.9 Å². The Hall–Kier alpha value is -1.52. The number of sulfonamides is 1. The zero-order valence-corrected chi connectivity index (χ0v) is 14.8. The quantitative estimate of drug-likeness (QED) is 0.861. The van der Waals surface area contributed by atoms with Crippen molar-refractivity contribution < 1.29 is 8.42 Å². The monoisotopic (exact) mass is 356 g/mol. The molecule has 0 radical (unpaired) electrons. The molecule has 1 aliphatic rings. The fourth-order valence-corrected chi connectivity index (χ4v) is 4.00. The summed E-state index contributed by atoms with van der Waals surface area (Å²) in [5.74, 6) is 0. The lowest BCUT2D eigenvalue weighted by Crippen LogP contribution is -2.29. The van der Waals surface area contributed by atoms with E-state index in [4.69, 9.17) is 0 Å². The highest BCUT2D eigenvalue weighted by molar-refractivity contribution is 7.88. The number of aromatic nitrogens is 4. The molecule has 3 heterocycles. The van der Waals surface area contributed by atoms with E-state index >= 15 is 0 Å². The van der Waals surface area contributed by atoms with Gasteiger partial charge in [0.25, 0.3) is 0 Å². The van der Waals surface area contributed by atoms with Crippen molar-refractivity contribution in [2.45, 2.75) is 39.4 Å². The largest absolute Gasteiger partial charge is 0.354 e. The summed E-state index contributed by atoms with van der Waals surface area (Å²) in [6, 6.07) is 1.96. The predicted molar refractivity (Wildman–Crippen MR) is 88.7 cm³/mol. The van der Waals surface area contributed by atoms with Crippen molar-refractivity contribution in [1.29, 1.82) is 0 Å². The van der Waals surface area contributed by atoms with Crippen molar-refractivity contribution in [2.24, 2.45) is 0 Å². The first-order chi connectivity index (χ1) is 11.0. The molecule has 1 N–H and O–H groups in total. The Morgan fingerprint density at radius 3 is 2.87 bits per heavy atom. The van der Waals surface area contributed by atoms with Gasteiger partial charge in [0.2, 0.25) is 15.2 Å². The fraction of sp³-hybridized carbons (Fsp3) is 0.615. The topological polar surface area (TPSA) is 93.0 Å². The van der Waals surface area contributed by atoms with Crippen molar-refractivity contribution in [1.82, 2.24) is 24.3 Å². The summed E-state index contributed by atoms with van der Waals surface area (Å²) < 4.78 is 26.9. The molecule has 23 heavy (non-hydrogen) atoms. The number of hydrogen-bond acceptors (Lipinski definition) is 7. The zero-order chi connectivity index (χ0) is 16.4. The third kappa shape index (κ3) is 3.88. The van der Waals surface area contributed by atoms with Crippen LogP contribution in [0.4, 0.5) is 5.13 Å². The third-order valence-corrected chi connectivity index (χ3v) is 5.96. The van der Waals surface area contributed by atoms with Crippen LogP contribution in [0.25, 0.3) is 0 Å². The van der Waals surface area contributed by atoms with Crippen molar-refractivity contribution in [3.63, 3.8) is 0 Å². The van der Waals surface area contributed by atoms with Crippen LogP contribution in [0.5, 0.6) is 0 Å². The van der Waals surface area contributed by atoms with Crippen LogP contribution in [0.3, 0.4) is 0 Å². The minimum absolute atomic E-state index is 0.380. The molecule has 2 aromatic heterocycles. The molecule has 0 unspecified atom stereocenters. The maximum Gasteiger partial charge on any atom is 0.211 e. The van der Waals surface area contributed by atoms with Crippen LogP contribution in [0.1, 0.15) is 29.7 Å². The summed E-state index contributed by atoms with van der Waals surface area (Å²) in [6.45, 7) is 4.26.